The number of carbonyl (C=O) groups excluding carboxylic acids is 1. The van der Waals surface area contributed by atoms with Crippen LogP contribution in [0.3, 0.4) is 0 Å². The normalized spacial score (nSPS) is 23.8. The van der Waals surface area contributed by atoms with E-state index in [2.05, 4.69) is 12.1 Å². The van der Waals surface area contributed by atoms with Gasteiger partial charge >= 0.3 is 5.63 Å². The summed E-state index contributed by atoms with van der Waals surface area (Å²) < 4.78 is 5.52. The second kappa shape index (κ2) is 8.76. The maximum atomic E-state index is 13.2. The number of nitrogens with zero attached hydrogens (tertiary/aromatic N) is 1. The predicted octanol–water partition coefficient (Wildman–Crippen LogP) is 3.89. The highest BCUT2D eigenvalue weighted by Gasteiger charge is 2.46. The van der Waals surface area contributed by atoms with Crippen LogP contribution in [0.25, 0.3) is 0 Å². The van der Waals surface area contributed by atoms with Gasteiger partial charge in [-0.2, -0.15) is 0 Å². The van der Waals surface area contributed by atoms with Crippen LogP contribution in [0.4, 0.5) is 0 Å². The maximum Gasteiger partial charge on any atom is 0.349 e. The molecule has 2 heterocycles. The fraction of sp³-hybridized carbons (Fsp3) is 0.520. The van der Waals surface area contributed by atoms with Gasteiger partial charge < -0.3 is 14.4 Å². The molecule has 1 N–H and O–H groups in total. The average molecular weight is 410 g/mol. The summed E-state index contributed by atoms with van der Waals surface area (Å²) in [6.07, 6.45) is 6.69. The minimum absolute atomic E-state index is 0.145. The zero-order valence-corrected chi connectivity index (χ0v) is 17.7. The SMILES string of the molecule is Cc1cc(CCCc2ccccc2)oc(=O)c1C(=O)N1CCC[C@@]2(CCC[C@H]2O)C1. The van der Waals surface area contributed by atoms with E-state index in [1.807, 2.05) is 31.2 Å². The Morgan fingerprint density at radius 2 is 1.97 bits per heavy atom. The Labute approximate surface area is 177 Å². The van der Waals surface area contributed by atoms with Gasteiger partial charge in [0.1, 0.15) is 11.3 Å². The number of piperidine rings is 1. The van der Waals surface area contributed by atoms with Gasteiger partial charge in [0.15, 0.2) is 0 Å². The van der Waals surface area contributed by atoms with Gasteiger partial charge in [-0.25, -0.2) is 4.79 Å². The van der Waals surface area contributed by atoms with Crippen molar-refractivity contribution in [3.63, 3.8) is 0 Å². The third-order valence-corrected chi connectivity index (χ3v) is 6.90. The molecule has 5 nitrogen and oxygen atoms in total. The van der Waals surface area contributed by atoms with E-state index in [4.69, 9.17) is 4.42 Å². The third kappa shape index (κ3) is 4.22. The van der Waals surface area contributed by atoms with Crippen LogP contribution in [-0.2, 0) is 12.8 Å². The molecule has 1 aromatic carbocycles. The van der Waals surface area contributed by atoms with Crippen LogP contribution in [0, 0.1) is 12.3 Å². The molecule has 1 amide bonds. The summed E-state index contributed by atoms with van der Waals surface area (Å²) in [4.78, 5) is 27.6. The molecule has 1 saturated carbocycles. The van der Waals surface area contributed by atoms with Gasteiger partial charge in [-0.3, -0.25) is 4.79 Å². The maximum absolute atomic E-state index is 13.2. The topological polar surface area (TPSA) is 70.8 Å². The van der Waals surface area contributed by atoms with Crippen LogP contribution < -0.4 is 5.63 Å². The summed E-state index contributed by atoms with van der Waals surface area (Å²) in [7, 11) is 0. The van der Waals surface area contributed by atoms with Crippen molar-refractivity contribution in [3.8, 4) is 0 Å². The molecule has 0 unspecified atom stereocenters. The summed E-state index contributed by atoms with van der Waals surface area (Å²) in [5.74, 6) is 0.376. The van der Waals surface area contributed by atoms with E-state index in [9.17, 15) is 14.7 Å². The van der Waals surface area contributed by atoms with Crippen molar-refractivity contribution in [3.05, 3.63) is 69.3 Å². The lowest BCUT2D eigenvalue weighted by atomic mass is 9.76. The number of carbonyl (C=O) groups is 1. The smallest absolute Gasteiger partial charge is 0.349 e. The van der Waals surface area contributed by atoms with Crippen molar-refractivity contribution in [2.24, 2.45) is 5.41 Å². The van der Waals surface area contributed by atoms with Gasteiger partial charge in [0.25, 0.3) is 5.91 Å². The standard InChI is InChI=1S/C25H31NO4/c1-18-16-20(11-5-10-19-8-3-2-4-9-19)30-24(29)22(18)23(28)26-15-7-14-25(17-26)13-6-12-21(25)27/h2-4,8-9,16,21,27H,5-7,10-15,17H2,1H3/t21-,25+/m1/s1. The zero-order valence-electron chi connectivity index (χ0n) is 17.7. The predicted molar refractivity (Wildman–Crippen MR) is 116 cm³/mol. The number of aliphatic hydroxyl groups is 1. The molecule has 0 bridgehead atoms. The number of aryl methyl sites for hydroxylation is 3. The Morgan fingerprint density at radius 1 is 1.20 bits per heavy atom. The lowest BCUT2D eigenvalue weighted by Crippen LogP contribution is -2.50. The molecule has 2 aromatic rings. The van der Waals surface area contributed by atoms with Crippen LogP contribution in [0.5, 0.6) is 0 Å². The molecule has 160 valence electrons. The number of rotatable bonds is 5. The fourth-order valence-corrected chi connectivity index (χ4v) is 5.25. The Kier molecular flexibility index (Phi) is 6.09. The molecule has 1 aliphatic heterocycles. The number of likely N-dealkylation sites (tertiary alicyclic amines) is 1. The van der Waals surface area contributed by atoms with E-state index < -0.39 is 5.63 Å². The zero-order chi connectivity index (χ0) is 21.1. The van der Waals surface area contributed by atoms with Crippen molar-refractivity contribution < 1.29 is 14.3 Å². The van der Waals surface area contributed by atoms with Crippen molar-refractivity contribution in [2.75, 3.05) is 13.1 Å². The lowest BCUT2D eigenvalue weighted by molar-refractivity contribution is -0.00552. The minimum Gasteiger partial charge on any atom is -0.427 e. The van der Waals surface area contributed by atoms with E-state index in [-0.39, 0.29) is 23.0 Å². The van der Waals surface area contributed by atoms with E-state index in [1.54, 1.807) is 4.90 Å². The number of benzene rings is 1. The molecule has 5 heteroatoms. The van der Waals surface area contributed by atoms with Gasteiger partial charge in [-0.15, -0.1) is 0 Å². The first-order valence-corrected chi connectivity index (χ1v) is 11.1. The molecule has 1 aliphatic carbocycles. The summed E-state index contributed by atoms with van der Waals surface area (Å²) in [5, 5.41) is 10.5. The van der Waals surface area contributed by atoms with Gasteiger partial charge in [0, 0.05) is 24.9 Å². The number of hydrogen-bond donors (Lipinski definition) is 1. The monoisotopic (exact) mass is 409 g/mol. The summed E-state index contributed by atoms with van der Waals surface area (Å²) in [6.45, 7) is 2.98. The third-order valence-electron chi connectivity index (χ3n) is 6.90. The van der Waals surface area contributed by atoms with Crippen molar-refractivity contribution in [1.29, 1.82) is 0 Å². The molecule has 1 aromatic heterocycles. The van der Waals surface area contributed by atoms with Crippen LogP contribution in [-0.4, -0.2) is 35.1 Å². The lowest BCUT2D eigenvalue weighted by Gasteiger charge is -2.42. The first kappa shape index (κ1) is 20.9. The highest BCUT2D eigenvalue weighted by molar-refractivity contribution is 5.95. The molecule has 30 heavy (non-hydrogen) atoms. The fourth-order valence-electron chi connectivity index (χ4n) is 5.25. The van der Waals surface area contributed by atoms with Crippen molar-refractivity contribution >= 4 is 5.91 Å². The molecule has 2 fully saturated rings. The highest BCUT2D eigenvalue weighted by atomic mass is 16.4. The molecular weight excluding hydrogens is 378 g/mol. The van der Waals surface area contributed by atoms with Gasteiger partial charge in [0.05, 0.1) is 6.10 Å². The number of aliphatic hydroxyl groups excluding tert-OH is 1. The van der Waals surface area contributed by atoms with Crippen molar-refractivity contribution in [2.45, 2.75) is 64.4 Å². The largest absolute Gasteiger partial charge is 0.427 e. The van der Waals surface area contributed by atoms with Crippen molar-refractivity contribution in [1.82, 2.24) is 4.90 Å². The van der Waals surface area contributed by atoms with Crippen LogP contribution in [0.1, 0.15) is 65.8 Å². The summed E-state index contributed by atoms with van der Waals surface area (Å²) in [5.41, 5.74) is 1.35. The summed E-state index contributed by atoms with van der Waals surface area (Å²) in [6, 6.07) is 12.1. The Balaban J connectivity index is 1.45. The van der Waals surface area contributed by atoms with Crippen LogP contribution in [0.2, 0.25) is 0 Å². The molecular formula is C25H31NO4. The van der Waals surface area contributed by atoms with E-state index in [0.717, 1.165) is 44.9 Å². The molecule has 4 rings (SSSR count). The van der Waals surface area contributed by atoms with Crippen LogP contribution in [0.15, 0.2) is 45.6 Å². The second-order valence-corrected chi connectivity index (χ2v) is 9.00. The van der Waals surface area contributed by atoms with Gasteiger partial charge in [0.2, 0.25) is 0 Å². The van der Waals surface area contributed by atoms with E-state index in [0.29, 0.717) is 30.8 Å². The van der Waals surface area contributed by atoms with Crippen LogP contribution >= 0.6 is 0 Å². The second-order valence-electron chi connectivity index (χ2n) is 9.00. The molecule has 1 spiro atoms. The van der Waals surface area contributed by atoms with Gasteiger partial charge in [-0.1, -0.05) is 36.8 Å². The quantitative estimate of drug-likeness (QED) is 0.813. The van der Waals surface area contributed by atoms with E-state index in [1.165, 1.54) is 5.56 Å². The molecule has 1 saturated heterocycles. The molecule has 0 radical (unpaired) electrons. The average Bonchev–Trinajstić information content (AvgIpc) is 3.07. The summed E-state index contributed by atoms with van der Waals surface area (Å²) >= 11 is 0. The number of amides is 1. The Hall–Kier alpha value is -2.40. The Morgan fingerprint density at radius 3 is 2.67 bits per heavy atom. The minimum atomic E-state index is -0.540. The molecule has 2 aliphatic rings. The van der Waals surface area contributed by atoms with Gasteiger partial charge in [-0.05, 0) is 62.6 Å². The van der Waals surface area contributed by atoms with E-state index >= 15 is 0 Å². The first-order chi connectivity index (χ1) is 14.5. The number of hydrogen-bond acceptors (Lipinski definition) is 4. The Bertz CT molecular complexity index is 951. The highest BCUT2D eigenvalue weighted by Crippen LogP contribution is 2.45. The first-order valence-electron chi connectivity index (χ1n) is 11.1. The molecule has 2 atom stereocenters.